The van der Waals surface area contributed by atoms with Gasteiger partial charge in [0.05, 0.1) is 0 Å². The Morgan fingerprint density at radius 1 is 0.971 bits per heavy atom. The lowest BCUT2D eigenvalue weighted by Crippen LogP contribution is -2.63. The second-order valence-electron chi connectivity index (χ2n) is 8.45. The summed E-state index contributed by atoms with van der Waals surface area (Å²) in [6.07, 6.45) is 0.956. The lowest BCUT2D eigenvalue weighted by molar-refractivity contribution is -0.128. The molecule has 0 radical (unpaired) electrons. The van der Waals surface area contributed by atoms with E-state index in [1.165, 1.54) is 0 Å². The molecule has 2 aromatic carbocycles. The van der Waals surface area contributed by atoms with E-state index in [4.69, 9.17) is 11.6 Å². The normalized spacial score (nSPS) is 15.0. The Morgan fingerprint density at radius 2 is 1.65 bits per heavy atom. The summed E-state index contributed by atoms with van der Waals surface area (Å²) in [5.74, 6) is -0.778. The van der Waals surface area contributed by atoms with E-state index in [1.807, 2.05) is 41.9 Å². The Labute approximate surface area is 203 Å². The van der Waals surface area contributed by atoms with Gasteiger partial charge in [-0.1, -0.05) is 29.8 Å². The summed E-state index contributed by atoms with van der Waals surface area (Å²) in [6.45, 7) is 1.75. The van der Waals surface area contributed by atoms with E-state index in [0.29, 0.717) is 42.2 Å². The third-order valence-electron chi connectivity index (χ3n) is 6.23. The van der Waals surface area contributed by atoms with Crippen molar-refractivity contribution in [3.63, 3.8) is 0 Å². The average Bonchev–Trinajstić information content (AvgIpc) is 3.19. The number of hydrogen-bond donors (Lipinski definition) is 4. The van der Waals surface area contributed by atoms with Crippen LogP contribution in [0.4, 0.5) is 0 Å². The number of carbonyl (C=O) groups excluding carboxylic acids is 3. The predicted molar refractivity (Wildman–Crippen MR) is 132 cm³/mol. The molecule has 1 aliphatic rings. The van der Waals surface area contributed by atoms with Crippen LogP contribution in [0.1, 0.15) is 33.7 Å². The molecule has 0 saturated carbocycles. The first-order valence-corrected chi connectivity index (χ1v) is 11.7. The third-order valence-corrected chi connectivity index (χ3v) is 6.48. The molecule has 3 aromatic rings. The molecular weight excluding hydrogens is 454 g/mol. The zero-order chi connectivity index (χ0) is 24.1. The van der Waals surface area contributed by atoms with Crippen molar-refractivity contribution < 1.29 is 14.4 Å². The van der Waals surface area contributed by atoms with Crippen LogP contribution < -0.4 is 21.3 Å². The summed E-state index contributed by atoms with van der Waals surface area (Å²) in [4.78, 5) is 38.7. The molecule has 9 heteroatoms. The minimum absolute atomic E-state index is 0.244. The Kier molecular flexibility index (Phi) is 7.19. The number of halogens is 1. The molecule has 0 unspecified atom stereocenters. The number of rotatable bonds is 7. The smallest absolute Gasteiger partial charge is 0.268 e. The Balaban J connectivity index is 1.38. The summed E-state index contributed by atoms with van der Waals surface area (Å²) in [6, 6.07) is 16.2. The van der Waals surface area contributed by atoms with Crippen molar-refractivity contribution in [1.29, 1.82) is 0 Å². The molecule has 8 nitrogen and oxygen atoms in total. The molecule has 4 N–H and O–H groups in total. The van der Waals surface area contributed by atoms with Crippen molar-refractivity contribution in [3.05, 3.63) is 70.9 Å². The van der Waals surface area contributed by atoms with Gasteiger partial charge in [0.2, 0.25) is 5.91 Å². The molecule has 4 rings (SSSR count). The number of nitrogens with zero attached hydrogens (tertiary/aromatic N) is 1. The maximum atomic E-state index is 13.2. The fourth-order valence-electron chi connectivity index (χ4n) is 4.28. The molecule has 1 aliphatic heterocycles. The van der Waals surface area contributed by atoms with E-state index >= 15 is 0 Å². The van der Waals surface area contributed by atoms with Gasteiger partial charge >= 0.3 is 0 Å². The lowest BCUT2D eigenvalue weighted by atomic mass is 9.87. The zero-order valence-corrected chi connectivity index (χ0v) is 19.7. The molecule has 0 aliphatic carbocycles. The van der Waals surface area contributed by atoms with Gasteiger partial charge in [0, 0.05) is 41.6 Å². The van der Waals surface area contributed by atoms with Gasteiger partial charge in [-0.05, 0) is 62.3 Å². The van der Waals surface area contributed by atoms with E-state index < -0.39 is 5.54 Å². The zero-order valence-electron chi connectivity index (χ0n) is 19.0. The number of fused-ring (bicyclic) bond motifs is 1. The van der Waals surface area contributed by atoms with Gasteiger partial charge in [-0.25, -0.2) is 0 Å². The van der Waals surface area contributed by atoms with Crippen molar-refractivity contribution >= 4 is 40.2 Å². The van der Waals surface area contributed by atoms with E-state index in [-0.39, 0.29) is 30.8 Å². The van der Waals surface area contributed by atoms with Crippen LogP contribution >= 0.6 is 11.6 Å². The van der Waals surface area contributed by atoms with Gasteiger partial charge in [-0.2, -0.15) is 0 Å². The SMILES string of the molecule is Cn1c(C(=O)NC2(C(=O)NCCNC(=O)c3ccc(Cl)cc3)CCNCC2)cc2ccccc21. The third kappa shape index (κ3) is 5.08. The number of para-hydroxylation sites is 1. The van der Waals surface area contributed by atoms with Gasteiger partial charge in [0.1, 0.15) is 11.2 Å². The fraction of sp³-hybridized carbons (Fsp3) is 0.320. The number of piperidine rings is 1. The van der Waals surface area contributed by atoms with Crippen molar-refractivity contribution in [2.45, 2.75) is 18.4 Å². The van der Waals surface area contributed by atoms with E-state index in [1.54, 1.807) is 24.3 Å². The highest BCUT2D eigenvalue weighted by Crippen LogP contribution is 2.22. The van der Waals surface area contributed by atoms with Gasteiger partial charge in [-0.15, -0.1) is 0 Å². The second kappa shape index (κ2) is 10.3. The quantitative estimate of drug-likeness (QED) is 0.388. The topological polar surface area (TPSA) is 104 Å². The fourth-order valence-corrected chi connectivity index (χ4v) is 4.40. The Bertz CT molecular complexity index is 1200. The minimum Gasteiger partial charge on any atom is -0.352 e. The van der Waals surface area contributed by atoms with Crippen LogP contribution in [0.5, 0.6) is 0 Å². The maximum Gasteiger partial charge on any atom is 0.268 e. The first-order valence-electron chi connectivity index (χ1n) is 11.3. The molecule has 0 atom stereocenters. The largest absolute Gasteiger partial charge is 0.352 e. The first kappa shape index (κ1) is 23.8. The van der Waals surface area contributed by atoms with Crippen LogP contribution in [0.25, 0.3) is 10.9 Å². The maximum absolute atomic E-state index is 13.2. The van der Waals surface area contributed by atoms with Crippen LogP contribution in [0.2, 0.25) is 5.02 Å². The summed E-state index contributed by atoms with van der Waals surface area (Å²) in [7, 11) is 1.84. The predicted octanol–water partition coefficient (Wildman–Crippen LogP) is 2.23. The average molecular weight is 482 g/mol. The highest BCUT2D eigenvalue weighted by molar-refractivity contribution is 6.30. The molecule has 1 saturated heterocycles. The van der Waals surface area contributed by atoms with Crippen LogP contribution in [0, 0.1) is 0 Å². The van der Waals surface area contributed by atoms with Crippen LogP contribution in [-0.4, -0.2) is 54.0 Å². The molecule has 3 amide bonds. The number of amides is 3. The Morgan fingerprint density at radius 3 is 2.35 bits per heavy atom. The first-order chi connectivity index (χ1) is 16.4. The number of carbonyl (C=O) groups is 3. The highest BCUT2D eigenvalue weighted by atomic mass is 35.5. The van der Waals surface area contributed by atoms with E-state index in [2.05, 4.69) is 21.3 Å². The summed E-state index contributed by atoms with van der Waals surface area (Å²) >= 11 is 5.85. The number of nitrogens with one attached hydrogen (secondary N) is 4. The van der Waals surface area contributed by atoms with Crippen LogP contribution in [0.15, 0.2) is 54.6 Å². The lowest BCUT2D eigenvalue weighted by Gasteiger charge is -2.37. The van der Waals surface area contributed by atoms with Crippen molar-refractivity contribution in [1.82, 2.24) is 25.8 Å². The van der Waals surface area contributed by atoms with Crippen molar-refractivity contribution in [2.75, 3.05) is 26.2 Å². The van der Waals surface area contributed by atoms with Crippen LogP contribution in [0.3, 0.4) is 0 Å². The van der Waals surface area contributed by atoms with Gasteiger partial charge in [0.25, 0.3) is 11.8 Å². The summed E-state index contributed by atoms with van der Waals surface area (Å²) < 4.78 is 1.84. The summed E-state index contributed by atoms with van der Waals surface area (Å²) in [5.41, 5.74) is 0.932. The second-order valence-corrected chi connectivity index (χ2v) is 8.89. The van der Waals surface area contributed by atoms with Gasteiger partial charge in [0.15, 0.2) is 0 Å². The van der Waals surface area contributed by atoms with E-state index in [0.717, 1.165) is 10.9 Å². The molecule has 0 spiro atoms. The molecular formula is C25H28ClN5O3. The van der Waals surface area contributed by atoms with Crippen molar-refractivity contribution in [2.24, 2.45) is 7.05 Å². The highest BCUT2D eigenvalue weighted by Gasteiger charge is 2.41. The molecule has 178 valence electrons. The Hall–Kier alpha value is -3.36. The molecule has 1 fully saturated rings. The van der Waals surface area contributed by atoms with Gasteiger partial charge in [-0.3, -0.25) is 14.4 Å². The van der Waals surface area contributed by atoms with Crippen LogP contribution in [-0.2, 0) is 11.8 Å². The number of benzene rings is 2. The monoisotopic (exact) mass is 481 g/mol. The number of aryl methyl sites for hydroxylation is 1. The number of aromatic nitrogens is 1. The minimum atomic E-state index is -1.01. The molecule has 0 bridgehead atoms. The summed E-state index contributed by atoms with van der Waals surface area (Å²) in [5, 5.41) is 13.4. The standard InChI is InChI=1S/C25H28ClN5O3/c1-31-20-5-3-2-4-18(20)16-21(31)23(33)30-25(10-12-27-13-11-25)24(34)29-15-14-28-22(32)17-6-8-19(26)9-7-17/h2-9,16,27H,10-15H2,1H3,(H,28,32)(H,29,34)(H,30,33). The van der Waals surface area contributed by atoms with E-state index in [9.17, 15) is 14.4 Å². The molecule has 34 heavy (non-hydrogen) atoms. The molecule has 2 heterocycles. The number of hydrogen-bond acceptors (Lipinski definition) is 4. The molecule has 1 aromatic heterocycles. The van der Waals surface area contributed by atoms with Gasteiger partial charge < -0.3 is 25.8 Å². The van der Waals surface area contributed by atoms with Crippen molar-refractivity contribution in [3.8, 4) is 0 Å².